The molecule has 2 N–H and O–H groups in total. The van der Waals surface area contributed by atoms with Crippen LogP contribution in [-0.2, 0) is 15.6 Å². The zero-order chi connectivity index (χ0) is 21.7. The van der Waals surface area contributed by atoms with Gasteiger partial charge in [0, 0.05) is 11.8 Å². The Kier molecular flexibility index (Phi) is 8.44. The molecule has 5 heteroatoms. The summed E-state index contributed by atoms with van der Waals surface area (Å²) in [6.07, 6.45) is 1.04. The monoisotopic (exact) mass is 404 g/mol. The third-order valence-corrected chi connectivity index (χ3v) is 5.90. The number of thioether (sulfide) groups is 1. The predicted octanol–water partition coefficient (Wildman–Crippen LogP) is 5.06. The van der Waals surface area contributed by atoms with Gasteiger partial charge in [-0.25, -0.2) is 0 Å². The lowest BCUT2D eigenvalue weighted by molar-refractivity contribution is -0.123. The maximum atomic E-state index is 11.2. The van der Waals surface area contributed by atoms with E-state index in [1.54, 1.807) is 6.92 Å². The van der Waals surface area contributed by atoms with Crippen molar-refractivity contribution in [2.45, 2.75) is 78.7 Å². The highest BCUT2D eigenvalue weighted by atomic mass is 32.2. The summed E-state index contributed by atoms with van der Waals surface area (Å²) in [7, 11) is 0. The van der Waals surface area contributed by atoms with E-state index in [1.807, 2.05) is 17.8 Å². The van der Waals surface area contributed by atoms with Gasteiger partial charge in [-0.05, 0) is 48.0 Å². The summed E-state index contributed by atoms with van der Waals surface area (Å²) in [6.45, 7) is 16.5. The van der Waals surface area contributed by atoms with E-state index < -0.39 is 5.92 Å². The number of nitrogens with zero attached hydrogens (tertiary/aromatic N) is 1. The number of carbonyl (C=O) groups excluding carboxylic acids is 1. The molecule has 156 valence electrons. The number of hydrogen-bond acceptors (Lipinski definition) is 4. The Morgan fingerprint density at radius 1 is 1.21 bits per heavy atom. The second-order valence-corrected chi connectivity index (χ2v) is 10.8. The SMILES string of the molecule is CC(C#N)C(=O)NC1CCSC1.Cc1cc(C(C)(C)C)c(O)c(C(C)(C)C)c1. The number of phenolic OH excluding ortho intramolecular Hbond substituents is 1. The van der Waals surface area contributed by atoms with Crippen molar-refractivity contribution in [3.63, 3.8) is 0 Å². The molecule has 0 bridgehead atoms. The average Bonchev–Trinajstić information content (AvgIpc) is 3.07. The summed E-state index contributed by atoms with van der Waals surface area (Å²) in [5, 5.41) is 21.7. The predicted molar refractivity (Wildman–Crippen MR) is 119 cm³/mol. The number of nitriles is 1. The molecule has 0 aliphatic carbocycles. The van der Waals surface area contributed by atoms with Crippen LogP contribution in [0.25, 0.3) is 0 Å². The van der Waals surface area contributed by atoms with Crippen molar-refractivity contribution in [1.29, 1.82) is 5.26 Å². The lowest BCUT2D eigenvalue weighted by Crippen LogP contribution is -2.37. The van der Waals surface area contributed by atoms with Crippen molar-refractivity contribution in [3.05, 3.63) is 28.8 Å². The third-order valence-electron chi connectivity index (χ3n) is 4.73. The molecule has 2 atom stereocenters. The molecule has 28 heavy (non-hydrogen) atoms. The molecular formula is C23H36N2O2S. The number of benzene rings is 1. The topological polar surface area (TPSA) is 73.1 Å². The Balaban J connectivity index is 0.000000292. The Labute approximate surface area is 175 Å². The van der Waals surface area contributed by atoms with Crippen molar-refractivity contribution in [2.24, 2.45) is 5.92 Å². The Hall–Kier alpha value is -1.67. The normalized spacial score (nSPS) is 17.9. The summed E-state index contributed by atoms with van der Waals surface area (Å²) < 4.78 is 0. The first-order valence-corrected chi connectivity index (χ1v) is 11.0. The van der Waals surface area contributed by atoms with Gasteiger partial charge >= 0.3 is 0 Å². The first-order chi connectivity index (χ1) is 12.8. The summed E-state index contributed by atoms with van der Waals surface area (Å²) in [6, 6.07) is 6.39. The number of hydrogen-bond donors (Lipinski definition) is 2. The van der Waals surface area contributed by atoms with Crippen LogP contribution in [0, 0.1) is 24.2 Å². The van der Waals surface area contributed by atoms with Crippen LogP contribution < -0.4 is 5.32 Å². The van der Waals surface area contributed by atoms with Crippen LogP contribution in [0.1, 0.15) is 71.6 Å². The molecule has 0 saturated carbocycles. The van der Waals surface area contributed by atoms with E-state index in [0.717, 1.165) is 29.1 Å². The molecule has 1 aliphatic heterocycles. The molecular weight excluding hydrogens is 368 g/mol. The number of phenols is 1. The van der Waals surface area contributed by atoms with Crippen molar-refractivity contribution in [2.75, 3.05) is 11.5 Å². The molecule has 0 aromatic heterocycles. The molecule has 1 aliphatic rings. The molecule has 1 amide bonds. The van der Waals surface area contributed by atoms with Gasteiger partial charge in [0.1, 0.15) is 11.7 Å². The highest BCUT2D eigenvalue weighted by Gasteiger charge is 2.25. The largest absolute Gasteiger partial charge is 0.507 e. The maximum Gasteiger partial charge on any atom is 0.237 e. The fraction of sp³-hybridized carbons (Fsp3) is 0.652. The average molecular weight is 405 g/mol. The Morgan fingerprint density at radius 2 is 1.71 bits per heavy atom. The molecule has 1 aromatic carbocycles. The minimum Gasteiger partial charge on any atom is -0.507 e. The van der Waals surface area contributed by atoms with E-state index in [2.05, 4.69) is 65.9 Å². The van der Waals surface area contributed by atoms with Gasteiger partial charge in [-0.2, -0.15) is 17.0 Å². The molecule has 1 heterocycles. The molecule has 4 nitrogen and oxygen atoms in total. The third kappa shape index (κ3) is 7.05. The second-order valence-electron chi connectivity index (χ2n) is 9.63. The molecule has 0 spiro atoms. The summed E-state index contributed by atoms with van der Waals surface area (Å²) in [5.74, 6) is 1.92. The standard InChI is InChI=1S/C15H24O.C8H12N2OS/c1-10-8-11(14(2,3)4)13(16)12(9-10)15(5,6)7;1-6(4-9)8(11)10-7-2-3-12-5-7/h8-9,16H,1-7H3;6-7H,2-3,5H2,1H3,(H,10,11). The van der Waals surface area contributed by atoms with Gasteiger partial charge < -0.3 is 10.4 Å². The van der Waals surface area contributed by atoms with Gasteiger partial charge in [0.05, 0.1) is 6.07 Å². The molecule has 1 fully saturated rings. The molecule has 1 aromatic rings. The number of aryl methyl sites for hydroxylation is 1. The van der Waals surface area contributed by atoms with E-state index in [4.69, 9.17) is 5.26 Å². The smallest absolute Gasteiger partial charge is 0.237 e. The molecule has 2 rings (SSSR count). The van der Waals surface area contributed by atoms with E-state index >= 15 is 0 Å². The first kappa shape index (κ1) is 24.4. The quantitative estimate of drug-likeness (QED) is 0.722. The lowest BCUT2D eigenvalue weighted by atomic mass is 9.78. The highest BCUT2D eigenvalue weighted by Crippen LogP contribution is 2.39. The first-order valence-electron chi connectivity index (χ1n) is 9.89. The van der Waals surface area contributed by atoms with Crippen LogP contribution in [0.3, 0.4) is 0 Å². The number of carbonyl (C=O) groups is 1. The van der Waals surface area contributed by atoms with Gasteiger partial charge in [0.15, 0.2) is 0 Å². The number of nitrogens with one attached hydrogen (secondary N) is 1. The van der Waals surface area contributed by atoms with E-state index in [9.17, 15) is 9.90 Å². The Morgan fingerprint density at radius 3 is 2.07 bits per heavy atom. The van der Waals surface area contributed by atoms with E-state index in [-0.39, 0.29) is 16.7 Å². The van der Waals surface area contributed by atoms with Gasteiger partial charge in [-0.15, -0.1) is 0 Å². The van der Waals surface area contributed by atoms with Crippen molar-refractivity contribution < 1.29 is 9.90 Å². The number of aromatic hydroxyl groups is 1. The van der Waals surface area contributed by atoms with Crippen molar-refractivity contribution in [1.82, 2.24) is 5.32 Å². The summed E-state index contributed by atoms with van der Waals surface area (Å²) in [4.78, 5) is 11.2. The zero-order valence-electron chi connectivity index (χ0n) is 18.6. The van der Waals surface area contributed by atoms with E-state index in [0.29, 0.717) is 11.8 Å². The molecule has 2 unspecified atom stereocenters. The maximum absolute atomic E-state index is 11.2. The Bertz CT molecular complexity index is 683. The van der Waals surface area contributed by atoms with Gasteiger partial charge in [-0.1, -0.05) is 59.2 Å². The highest BCUT2D eigenvalue weighted by molar-refractivity contribution is 7.99. The van der Waals surface area contributed by atoms with Gasteiger partial charge in [0.2, 0.25) is 5.91 Å². The number of rotatable bonds is 2. The van der Waals surface area contributed by atoms with Crippen LogP contribution in [0.5, 0.6) is 5.75 Å². The van der Waals surface area contributed by atoms with Crippen LogP contribution >= 0.6 is 11.8 Å². The fourth-order valence-corrected chi connectivity index (χ4v) is 4.11. The second kappa shape index (κ2) is 9.69. The fourth-order valence-electron chi connectivity index (χ4n) is 2.96. The lowest BCUT2D eigenvalue weighted by Gasteiger charge is -2.27. The van der Waals surface area contributed by atoms with Crippen LogP contribution in [-0.4, -0.2) is 28.6 Å². The van der Waals surface area contributed by atoms with Crippen LogP contribution in [0.15, 0.2) is 12.1 Å². The van der Waals surface area contributed by atoms with Crippen LogP contribution in [0.2, 0.25) is 0 Å². The van der Waals surface area contributed by atoms with Gasteiger partial charge in [0.25, 0.3) is 0 Å². The van der Waals surface area contributed by atoms with E-state index in [1.165, 1.54) is 5.56 Å². The van der Waals surface area contributed by atoms with Crippen molar-refractivity contribution >= 4 is 17.7 Å². The minimum absolute atomic E-state index is 0.0178. The summed E-state index contributed by atoms with van der Waals surface area (Å²) in [5.41, 5.74) is 3.26. The van der Waals surface area contributed by atoms with Crippen molar-refractivity contribution in [3.8, 4) is 11.8 Å². The van der Waals surface area contributed by atoms with Crippen LogP contribution in [0.4, 0.5) is 0 Å². The molecule has 0 radical (unpaired) electrons. The van der Waals surface area contributed by atoms with Gasteiger partial charge in [-0.3, -0.25) is 4.79 Å². The molecule has 1 saturated heterocycles. The number of amides is 1. The zero-order valence-corrected chi connectivity index (χ0v) is 19.5. The minimum atomic E-state index is -0.518. The summed E-state index contributed by atoms with van der Waals surface area (Å²) >= 11 is 1.85.